The molecule has 1 aromatic heterocycles. The summed E-state index contributed by atoms with van der Waals surface area (Å²) in [5.41, 5.74) is 3.30. The number of ether oxygens (including phenoxy) is 2. The van der Waals surface area contributed by atoms with E-state index in [9.17, 15) is 14.9 Å². The zero-order chi connectivity index (χ0) is 22.4. The number of hydrogen-bond donors (Lipinski definition) is 0. The Labute approximate surface area is 185 Å². The first-order valence-corrected chi connectivity index (χ1v) is 10.8. The van der Waals surface area contributed by atoms with Crippen molar-refractivity contribution in [1.29, 1.82) is 5.26 Å². The van der Waals surface area contributed by atoms with Gasteiger partial charge in [0, 0.05) is 5.75 Å². The molecule has 0 aliphatic rings. The average Bonchev–Trinajstić information content (AvgIpc) is 3.13. The van der Waals surface area contributed by atoms with Crippen LogP contribution in [-0.4, -0.2) is 34.7 Å². The van der Waals surface area contributed by atoms with Gasteiger partial charge in [-0.05, 0) is 49.2 Å². The fraction of sp³-hybridized carbons (Fsp3) is 0.304. The van der Waals surface area contributed by atoms with Crippen LogP contribution < -0.4 is 0 Å². The Balaban J connectivity index is 1.88. The molecule has 0 saturated heterocycles. The average molecular weight is 438 g/mol. The van der Waals surface area contributed by atoms with E-state index in [0.717, 1.165) is 17.5 Å². The number of carbonyl (C=O) groups is 2. The van der Waals surface area contributed by atoms with E-state index in [4.69, 9.17) is 9.47 Å². The number of esters is 2. The normalized spacial score (nSPS) is 11.7. The van der Waals surface area contributed by atoms with Gasteiger partial charge in [0.2, 0.25) is 0 Å². The largest absolute Gasteiger partial charge is 0.465 e. The maximum absolute atomic E-state index is 12.4. The highest BCUT2D eigenvalue weighted by Gasteiger charge is 2.17. The summed E-state index contributed by atoms with van der Waals surface area (Å²) in [5, 5.41) is 9.82. The number of nitrogens with zero attached hydrogens (tertiary/aromatic N) is 3. The lowest BCUT2D eigenvalue weighted by Gasteiger charge is -2.13. The van der Waals surface area contributed by atoms with Gasteiger partial charge in [0.15, 0.2) is 5.16 Å². The first-order chi connectivity index (χ1) is 14.9. The Morgan fingerprint density at radius 2 is 2.06 bits per heavy atom. The summed E-state index contributed by atoms with van der Waals surface area (Å²) in [4.78, 5) is 28.9. The van der Waals surface area contributed by atoms with Crippen molar-refractivity contribution in [2.24, 2.45) is 0 Å². The Kier molecular flexibility index (Phi) is 7.32. The second-order valence-electron chi connectivity index (χ2n) is 6.99. The number of imidazole rings is 1. The van der Waals surface area contributed by atoms with Crippen molar-refractivity contribution in [3.63, 3.8) is 0 Å². The lowest BCUT2D eigenvalue weighted by molar-refractivity contribution is -0.149. The van der Waals surface area contributed by atoms with Gasteiger partial charge in [-0.3, -0.25) is 4.79 Å². The highest BCUT2D eigenvalue weighted by atomic mass is 32.2. The van der Waals surface area contributed by atoms with Crippen molar-refractivity contribution in [3.05, 3.63) is 59.2 Å². The van der Waals surface area contributed by atoms with Crippen LogP contribution in [0.2, 0.25) is 0 Å². The fourth-order valence-electron chi connectivity index (χ4n) is 2.97. The van der Waals surface area contributed by atoms with Crippen LogP contribution in [-0.2, 0) is 26.6 Å². The molecule has 0 bridgehead atoms. The highest BCUT2D eigenvalue weighted by Crippen LogP contribution is 2.28. The zero-order valence-electron chi connectivity index (χ0n) is 17.6. The lowest BCUT2D eigenvalue weighted by atomic mass is 10.1. The van der Waals surface area contributed by atoms with Gasteiger partial charge < -0.3 is 14.0 Å². The molecule has 0 aliphatic heterocycles. The van der Waals surface area contributed by atoms with E-state index in [1.54, 1.807) is 41.0 Å². The molecule has 8 heteroatoms. The molecule has 31 heavy (non-hydrogen) atoms. The second kappa shape index (κ2) is 10.1. The number of thioether (sulfide) groups is 1. The van der Waals surface area contributed by atoms with Gasteiger partial charge in [-0.2, -0.15) is 5.26 Å². The smallest absolute Gasteiger partial charge is 0.337 e. The molecule has 0 amide bonds. The van der Waals surface area contributed by atoms with Crippen LogP contribution in [0, 0.1) is 11.3 Å². The van der Waals surface area contributed by atoms with Crippen LogP contribution in [0.15, 0.2) is 47.6 Å². The number of hydrogen-bond acceptors (Lipinski definition) is 7. The lowest BCUT2D eigenvalue weighted by Crippen LogP contribution is -2.19. The Morgan fingerprint density at radius 3 is 2.77 bits per heavy atom. The van der Waals surface area contributed by atoms with E-state index in [1.165, 1.54) is 18.9 Å². The first kappa shape index (κ1) is 22.4. The van der Waals surface area contributed by atoms with Crippen molar-refractivity contribution in [2.45, 2.75) is 43.8 Å². The van der Waals surface area contributed by atoms with Crippen LogP contribution in [0.1, 0.15) is 41.8 Å². The molecule has 0 spiro atoms. The summed E-state index contributed by atoms with van der Waals surface area (Å²) in [5.74, 6) is -0.192. The molecule has 7 nitrogen and oxygen atoms in total. The van der Waals surface area contributed by atoms with E-state index < -0.39 is 5.97 Å². The zero-order valence-corrected chi connectivity index (χ0v) is 18.4. The topological polar surface area (TPSA) is 94.2 Å². The Hall–Kier alpha value is -3.31. The Morgan fingerprint density at radius 1 is 1.26 bits per heavy atom. The SMILES string of the molecule is CCC(C)OC(=O)Cn1c(SCc2cccc(C(=O)OC)c2)nc2cc(C#N)ccc21. The van der Waals surface area contributed by atoms with Gasteiger partial charge in [-0.25, -0.2) is 9.78 Å². The van der Waals surface area contributed by atoms with Gasteiger partial charge in [0.25, 0.3) is 0 Å². The third kappa shape index (κ3) is 5.44. The minimum atomic E-state index is -0.393. The van der Waals surface area contributed by atoms with Gasteiger partial charge >= 0.3 is 11.9 Å². The van der Waals surface area contributed by atoms with E-state index >= 15 is 0 Å². The van der Waals surface area contributed by atoms with Crippen LogP contribution in [0.5, 0.6) is 0 Å². The van der Waals surface area contributed by atoms with E-state index in [0.29, 0.717) is 27.6 Å². The minimum absolute atomic E-state index is 0.0251. The summed E-state index contributed by atoms with van der Waals surface area (Å²) >= 11 is 1.44. The van der Waals surface area contributed by atoms with Crippen LogP contribution in [0.3, 0.4) is 0 Å². The van der Waals surface area contributed by atoms with E-state index in [-0.39, 0.29) is 18.6 Å². The molecule has 0 aliphatic carbocycles. The molecular formula is C23H23N3O4S. The molecule has 160 valence electrons. The van der Waals surface area contributed by atoms with E-state index in [1.807, 2.05) is 19.9 Å². The summed E-state index contributed by atoms with van der Waals surface area (Å²) < 4.78 is 12.0. The fourth-order valence-corrected chi connectivity index (χ4v) is 3.93. The standard InChI is InChI=1S/C23H23N3O4S/c1-4-15(2)30-21(27)13-26-20-9-8-16(12-24)11-19(20)25-23(26)31-14-17-6-5-7-18(10-17)22(28)29-3/h5-11,15H,4,13-14H2,1-3H3. The molecule has 0 N–H and O–H groups in total. The third-order valence-electron chi connectivity index (χ3n) is 4.75. The summed E-state index contributed by atoms with van der Waals surface area (Å²) in [7, 11) is 1.35. The molecule has 3 rings (SSSR count). The van der Waals surface area contributed by atoms with Gasteiger partial charge in [-0.15, -0.1) is 0 Å². The van der Waals surface area contributed by atoms with Crippen LogP contribution >= 0.6 is 11.8 Å². The van der Waals surface area contributed by atoms with Crippen LogP contribution in [0.25, 0.3) is 11.0 Å². The van der Waals surface area contributed by atoms with Crippen molar-refractivity contribution in [3.8, 4) is 6.07 Å². The number of rotatable bonds is 8. The quantitative estimate of drug-likeness (QED) is 0.382. The summed E-state index contributed by atoms with van der Waals surface area (Å²) in [6.45, 7) is 3.84. The third-order valence-corrected chi connectivity index (χ3v) is 5.80. The monoisotopic (exact) mass is 437 g/mol. The van der Waals surface area contributed by atoms with Crippen molar-refractivity contribution in [2.75, 3.05) is 7.11 Å². The number of fused-ring (bicyclic) bond motifs is 1. The van der Waals surface area contributed by atoms with E-state index in [2.05, 4.69) is 11.1 Å². The molecule has 1 atom stereocenters. The van der Waals surface area contributed by atoms with Gasteiger partial charge in [0.05, 0.1) is 41.4 Å². The molecule has 0 radical (unpaired) electrons. The number of methoxy groups -OCH3 is 1. The summed E-state index contributed by atoms with van der Waals surface area (Å²) in [6.07, 6.45) is 0.574. The molecule has 1 heterocycles. The number of nitriles is 1. The van der Waals surface area contributed by atoms with Crippen molar-refractivity contribution >= 4 is 34.7 Å². The first-order valence-electron chi connectivity index (χ1n) is 9.85. The maximum Gasteiger partial charge on any atom is 0.337 e. The minimum Gasteiger partial charge on any atom is -0.465 e. The second-order valence-corrected chi connectivity index (χ2v) is 7.93. The highest BCUT2D eigenvalue weighted by molar-refractivity contribution is 7.98. The van der Waals surface area contributed by atoms with Crippen molar-refractivity contribution in [1.82, 2.24) is 9.55 Å². The number of aromatic nitrogens is 2. The number of carbonyl (C=O) groups excluding carboxylic acids is 2. The summed E-state index contributed by atoms with van der Waals surface area (Å²) in [6, 6.07) is 14.5. The Bertz CT molecular complexity index is 1150. The maximum atomic E-state index is 12.4. The van der Waals surface area contributed by atoms with Gasteiger partial charge in [-0.1, -0.05) is 30.8 Å². The molecule has 3 aromatic rings. The van der Waals surface area contributed by atoms with Gasteiger partial charge in [0.1, 0.15) is 6.54 Å². The molecule has 0 saturated carbocycles. The van der Waals surface area contributed by atoms with Crippen LogP contribution in [0.4, 0.5) is 0 Å². The molecular weight excluding hydrogens is 414 g/mol. The molecule has 2 aromatic carbocycles. The van der Waals surface area contributed by atoms with Crippen molar-refractivity contribution < 1.29 is 19.1 Å². The number of benzene rings is 2. The predicted octanol–water partition coefficient (Wildman–Crippen LogP) is 4.33. The molecule has 1 unspecified atom stereocenters. The predicted molar refractivity (Wildman–Crippen MR) is 118 cm³/mol. The molecule has 0 fully saturated rings.